The van der Waals surface area contributed by atoms with Crippen LogP contribution in [0, 0.1) is 5.82 Å². The number of hydrogen-bond acceptors (Lipinski definition) is 10. The Morgan fingerprint density at radius 3 is 2.14 bits per heavy atom. The van der Waals surface area contributed by atoms with Crippen LogP contribution in [0.15, 0.2) is 64.3 Å². The van der Waals surface area contributed by atoms with Crippen molar-refractivity contribution in [1.82, 2.24) is 9.97 Å². The molecule has 0 atom stereocenters. The number of ether oxygens (including phenoxy) is 3. The molecule has 2 aromatic carbocycles. The third-order valence-electron chi connectivity index (χ3n) is 4.82. The normalized spacial score (nSPS) is 11.0. The van der Waals surface area contributed by atoms with Gasteiger partial charge in [-0.3, -0.25) is 4.72 Å². The number of nitrogens with zero attached hydrogens (tertiary/aromatic N) is 2. The van der Waals surface area contributed by atoms with Crippen LogP contribution >= 0.6 is 11.3 Å². The molecule has 0 amide bonds. The topological polar surface area (TPSA) is 124 Å². The molecule has 2 heterocycles. The van der Waals surface area contributed by atoms with Gasteiger partial charge in [0.1, 0.15) is 4.21 Å². The van der Waals surface area contributed by atoms with E-state index in [1.54, 1.807) is 47.8 Å². The van der Waals surface area contributed by atoms with E-state index in [1.165, 1.54) is 27.4 Å². The molecule has 0 aliphatic rings. The van der Waals surface area contributed by atoms with Crippen molar-refractivity contribution in [3.8, 4) is 17.2 Å². The fraction of sp³-hybridized carbons (Fsp3) is 0.130. The van der Waals surface area contributed by atoms with Gasteiger partial charge in [0.05, 0.1) is 27.5 Å². The molecule has 0 saturated heterocycles. The SMILES string of the molecule is COc1cc(Nc2ncc(F)c(Nc3ccc(NS(=O)(=O)c4cccs4)cc3)n2)cc(OC)c1OC. The summed E-state index contributed by atoms with van der Waals surface area (Å²) in [5.74, 6) is 0.645. The third-order valence-corrected chi connectivity index (χ3v) is 7.60. The average molecular weight is 532 g/mol. The summed E-state index contributed by atoms with van der Waals surface area (Å²) >= 11 is 1.12. The number of benzene rings is 2. The highest BCUT2D eigenvalue weighted by Gasteiger charge is 2.16. The highest BCUT2D eigenvalue weighted by atomic mass is 32.2. The number of rotatable bonds is 10. The molecule has 0 radical (unpaired) electrons. The van der Waals surface area contributed by atoms with Crippen molar-refractivity contribution in [1.29, 1.82) is 0 Å². The monoisotopic (exact) mass is 531 g/mol. The lowest BCUT2D eigenvalue weighted by molar-refractivity contribution is 0.324. The van der Waals surface area contributed by atoms with Crippen LogP contribution in [0.5, 0.6) is 17.2 Å². The zero-order valence-electron chi connectivity index (χ0n) is 19.4. The smallest absolute Gasteiger partial charge is 0.271 e. The Hall–Kier alpha value is -4.10. The van der Waals surface area contributed by atoms with Crippen LogP contribution in [-0.4, -0.2) is 39.7 Å². The number of hydrogen-bond donors (Lipinski definition) is 3. The van der Waals surface area contributed by atoms with Crippen molar-refractivity contribution >= 4 is 50.2 Å². The van der Waals surface area contributed by atoms with Crippen LogP contribution in [-0.2, 0) is 10.0 Å². The van der Waals surface area contributed by atoms with Gasteiger partial charge in [-0.25, -0.2) is 17.8 Å². The largest absolute Gasteiger partial charge is 0.493 e. The first-order valence-corrected chi connectivity index (χ1v) is 12.7. The van der Waals surface area contributed by atoms with Crippen molar-refractivity contribution in [3.05, 3.63) is 65.9 Å². The first kappa shape index (κ1) is 25.0. The molecule has 0 fully saturated rings. The predicted molar refractivity (Wildman–Crippen MR) is 136 cm³/mol. The van der Waals surface area contributed by atoms with E-state index in [0.717, 1.165) is 17.5 Å². The Morgan fingerprint density at radius 1 is 0.889 bits per heavy atom. The molecular weight excluding hydrogens is 509 g/mol. The number of sulfonamides is 1. The quantitative estimate of drug-likeness (QED) is 0.260. The molecule has 3 N–H and O–H groups in total. The van der Waals surface area contributed by atoms with Crippen LogP contribution in [0.25, 0.3) is 0 Å². The molecular formula is C23H22FN5O5S2. The molecule has 13 heteroatoms. The second-order valence-electron chi connectivity index (χ2n) is 7.17. The number of thiophene rings is 1. The summed E-state index contributed by atoms with van der Waals surface area (Å²) in [5.41, 5.74) is 1.39. The Bertz CT molecular complexity index is 1420. The van der Waals surface area contributed by atoms with Gasteiger partial charge in [0.2, 0.25) is 11.7 Å². The summed E-state index contributed by atoms with van der Waals surface area (Å²) in [4.78, 5) is 8.18. The fourth-order valence-electron chi connectivity index (χ4n) is 3.18. The second-order valence-corrected chi connectivity index (χ2v) is 10.0. The summed E-state index contributed by atoms with van der Waals surface area (Å²) < 4.78 is 57.9. The van der Waals surface area contributed by atoms with E-state index in [2.05, 4.69) is 25.3 Å². The summed E-state index contributed by atoms with van der Waals surface area (Å²) in [5, 5.41) is 7.54. The van der Waals surface area contributed by atoms with Crippen LogP contribution in [0.3, 0.4) is 0 Å². The minimum absolute atomic E-state index is 0.0770. The van der Waals surface area contributed by atoms with E-state index in [-0.39, 0.29) is 16.0 Å². The predicted octanol–water partition coefficient (Wildman–Crippen LogP) is 4.99. The lowest BCUT2D eigenvalue weighted by atomic mass is 10.2. The van der Waals surface area contributed by atoms with Crippen molar-refractivity contribution in [2.45, 2.75) is 4.21 Å². The van der Waals surface area contributed by atoms with E-state index >= 15 is 0 Å². The number of aromatic nitrogens is 2. The van der Waals surface area contributed by atoms with E-state index < -0.39 is 15.8 Å². The molecule has 0 saturated carbocycles. The zero-order chi connectivity index (χ0) is 25.7. The number of halogens is 1. The van der Waals surface area contributed by atoms with E-state index in [0.29, 0.717) is 34.3 Å². The molecule has 4 rings (SSSR count). The zero-order valence-corrected chi connectivity index (χ0v) is 21.0. The van der Waals surface area contributed by atoms with Gasteiger partial charge >= 0.3 is 0 Å². The van der Waals surface area contributed by atoms with Gasteiger partial charge in [-0.1, -0.05) is 6.07 Å². The lowest BCUT2D eigenvalue weighted by Gasteiger charge is -2.15. The Balaban J connectivity index is 1.50. The fourth-order valence-corrected chi connectivity index (χ4v) is 5.23. The number of methoxy groups -OCH3 is 3. The molecule has 0 bridgehead atoms. The van der Waals surface area contributed by atoms with Crippen LogP contribution in [0.1, 0.15) is 0 Å². The highest BCUT2D eigenvalue weighted by molar-refractivity contribution is 7.94. The Labute approximate surface area is 211 Å². The van der Waals surface area contributed by atoms with Gasteiger partial charge in [-0.15, -0.1) is 11.3 Å². The first-order valence-electron chi connectivity index (χ1n) is 10.4. The van der Waals surface area contributed by atoms with Gasteiger partial charge in [0.15, 0.2) is 23.1 Å². The number of nitrogens with one attached hydrogen (secondary N) is 3. The summed E-state index contributed by atoms with van der Waals surface area (Å²) in [7, 11) is 0.827. The standard InChI is InChI=1S/C23H22FN5O5S2/c1-32-18-11-16(12-19(33-2)21(18)34-3)27-23-25-13-17(24)22(28-23)26-14-6-8-15(9-7-14)29-36(30,31)20-5-4-10-35-20/h4-13,29H,1-3H3,(H2,25,26,27,28). The average Bonchev–Trinajstić information content (AvgIpc) is 3.43. The Morgan fingerprint density at radius 2 is 1.56 bits per heavy atom. The molecule has 4 aromatic rings. The van der Waals surface area contributed by atoms with E-state index in [4.69, 9.17) is 14.2 Å². The maximum atomic E-state index is 14.4. The van der Waals surface area contributed by atoms with Gasteiger partial charge in [-0.2, -0.15) is 4.98 Å². The van der Waals surface area contributed by atoms with Crippen molar-refractivity contribution in [2.75, 3.05) is 36.7 Å². The molecule has 36 heavy (non-hydrogen) atoms. The van der Waals surface area contributed by atoms with Gasteiger partial charge in [0.25, 0.3) is 10.0 Å². The van der Waals surface area contributed by atoms with Crippen LogP contribution in [0.2, 0.25) is 0 Å². The molecule has 0 unspecified atom stereocenters. The molecule has 0 aliphatic carbocycles. The molecule has 188 valence electrons. The maximum absolute atomic E-state index is 14.4. The Kier molecular flexibility index (Phi) is 7.41. The van der Waals surface area contributed by atoms with Gasteiger partial charge in [-0.05, 0) is 35.7 Å². The summed E-state index contributed by atoms with van der Waals surface area (Å²) in [6.07, 6.45) is 1.03. The van der Waals surface area contributed by atoms with E-state index in [1.807, 2.05) is 0 Å². The minimum Gasteiger partial charge on any atom is -0.493 e. The summed E-state index contributed by atoms with van der Waals surface area (Å²) in [6.45, 7) is 0. The lowest BCUT2D eigenvalue weighted by Crippen LogP contribution is -2.11. The summed E-state index contributed by atoms with van der Waals surface area (Å²) in [6, 6.07) is 12.8. The number of anilines is 5. The van der Waals surface area contributed by atoms with Crippen LogP contribution in [0.4, 0.5) is 33.2 Å². The molecule has 0 aliphatic heterocycles. The van der Waals surface area contributed by atoms with Gasteiger partial charge < -0.3 is 24.8 Å². The van der Waals surface area contributed by atoms with Crippen molar-refractivity contribution in [2.24, 2.45) is 0 Å². The van der Waals surface area contributed by atoms with Gasteiger partial charge in [0, 0.05) is 29.2 Å². The highest BCUT2D eigenvalue weighted by Crippen LogP contribution is 2.40. The molecule has 0 spiro atoms. The molecule has 10 nitrogen and oxygen atoms in total. The van der Waals surface area contributed by atoms with Crippen molar-refractivity contribution in [3.63, 3.8) is 0 Å². The van der Waals surface area contributed by atoms with Crippen LogP contribution < -0.4 is 29.6 Å². The van der Waals surface area contributed by atoms with E-state index in [9.17, 15) is 12.8 Å². The first-order chi connectivity index (χ1) is 17.3. The second kappa shape index (κ2) is 10.7. The maximum Gasteiger partial charge on any atom is 0.271 e. The third kappa shape index (κ3) is 5.58. The molecule has 2 aromatic heterocycles. The van der Waals surface area contributed by atoms with Crippen molar-refractivity contribution < 1.29 is 27.0 Å². The minimum atomic E-state index is -3.66.